The van der Waals surface area contributed by atoms with Gasteiger partial charge in [-0.25, -0.2) is 4.98 Å². The van der Waals surface area contributed by atoms with E-state index in [1.807, 2.05) is 0 Å². The van der Waals surface area contributed by atoms with Crippen LogP contribution >= 0.6 is 0 Å². The summed E-state index contributed by atoms with van der Waals surface area (Å²) in [6.45, 7) is 0. The molecule has 0 aliphatic heterocycles. The number of aromatic amines is 1. The monoisotopic (exact) mass is 209 g/mol. The van der Waals surface area contributed by atoms with E-state index in [1.54, 1.807) is 0 Å². The number of carboxylic acid groups (broad SMARTS) is 1. The first-order chi connectivity index (χ1) is 7.08. The smallest absolute Gasteiger partial charge is 0.306 e. The molecule has 1 heterocycles. The number of nitrogens with two attached hydrogens (primary N) is 1. The van der Waals surface area contributed by atoms with Gasteiger partial charge in [0.05, 0.1) is 11.6 Å². The second kappa shape index (κ2) is 3.38. The zero-order valence-electron chi connectivity index (χ0n) is 7.99. The van der Waals surface area contributed by atoms with Gasteiger partial charge < -0.3 is 10.8 Å². The van der Waals surface area contributed by atoms with Crippen LogP contribution in [0.4, 0.5) is 5.95 Å². The van der Waals surface area contributed by atoms with E-state index in [0.717, 1.165) is 0 Å². The summed E-state index contributed by atoms with van der Waals surface area (Å²) in [5.74, 6) is -1.26. The van der Waals surface area contributed by atoms with E-state index in [9.17, 15) is 9.59 Å². The molecule has 1 aliphatic carbocycles. The van der Waals surface area contributed by atoms with E-state index < -0.39 is 11.9 Å². The molecule has 1 unspecified atom stereocenters. The number of hydrogen-bond donors (Lipinski definition) is 3. The van der Waals surface area contributed by atoms with Crippen molar-refractivity contribution in [2.24, 2.45) is 5.92 Å². The maximum Gasteiger partial charge on any atom is 0.306 e. The third-order valence-corrected chi connectivity index (χ3v) is 2.65. The maximum absolute atomic E-state index is 11.5. The number of nitrogens with one attached hydrogen (secondary N) is 1. The van der Waals surface area contributed by atoms with E-state index in [0.29, 0.717) is 24.1 Å². The Balaban J connectivity index is 2.42. The zero-order valence-corrected chi connectivity index (χ0v) is 7.99. The lowest BCUT2D eigenvalue weighted by molar-refractivity contribution is -0.142. The van der Waals surface area contributed by atoms with Crippen molar-refractivity contribution in [2.45, 2.75) is 19.3 Å². The Labute approximate surface area is 85.1 Å². The van der Waals surface area contributed by atoms with Crippen LogP contribution in [-0.4, -0.2) is 21.0 Å². The summed E-state index contributed by atoms with van der Waals surface area (Å²) in [5, 5.41) is 8.85. The van der Waals surface area contributed by atoms with Crippen molar-refractivity contribution in [3.63, 3.8) is 0 Å². The number of rotatable bonds is 1. The van der Waals surface area contributed by atoms with Crippen molar-refractivity contribution in [3.05, 3.63) is 21.6 Å². The van der Waals surface area contributed by atoms with Gasteiger partial charge in [-0.2, -0.15) is 0 Å². The molecule has 0 aromatic carbocycles. The number of aryl methyl sites for hydroxylation is 1. The Kier molecular flexibility index (Phi) is 2.18. The lowest BCUT2D eigenvalue weighted by Gasteiger charge is -2.19. The van der Waals surface area contributed by atoms with Crippen LogP contribution in [0, 0.1) is 5.92 Å². The molecule has 2 rings (SSSR count). The minimum absolute atomic E-state index is 0.0903. The summed E-state index contributed by atoms with van der Waals surface area (Å²) in [4.78, 5) is 28.6. The number of nitrogens with zero attached hydrogens (tertiary/aromatic N) is 1. The molecule has 0 saturated heterocycles. The van der Waals surface area contributed by atoms with Gasteiger partial charge in [-0.05, 0) is 19.3 Å². The van der Waals surface area contributed by atoms with Gasteiger partial charge in [-0.3, -0.25) is 14.6 Å². The Hall–Kier alpha value is -1.85. The van der Waals surface area contributed by atoms with Crippen LogP contribution in [0.5, 0.6) is 0 Å². The first-order valence-corrected chi connectivity index (χ1v) is 4.68. The predicted octanol–water partition coefficient (Wildman–Crippen LogP) is -0.458. The third kappa shape index (κ3) is 1.70. The second-order valence-corrected chi connectivity index (χ2v) is 3.65. The van der Waals surface area contributed by atoms with Gasteiger partial charge in [0.2, 0.25) is 5.95 Å². The summed E-state index contributed by atoms with van der Waals surface area (Å²) < 4.78 is 0. The molecule has 15 heavy (non-hydrogen) atoms. The number of carboxylic acids is 1. The van der Waals surface area contributed by atoms with Crippen LogP contribution in [0.1, 0.15) is 17.7 Å². The van der Waals surface area contributed by atoms with Crippen molar-refractivity contribution in [1.29, 1.82) is 0 Å². The van der Waals surface area contributed by atoms with Crippen LogP contribution < -0.4 is 11.3 Å². The number of aliphatic carboxylic acids is 1. The van der Waals surface area contributed by atoms with Crippen molar-refractivity contribution in [1.82, 2.24) is 9.97 Å². The van der Waals surface area contributed by atoms with Crippen molar-refractivity contribution >= 4 is 11.9 Å². The number of aromatic nitrogens is 2. The minimum atomic E-state index is -0.864. The fourth-order valence-corrected chi connectivity index (χ4v) is 1.85. The van der Waals surface area contributed by atoms with E-state index in [4.69, 9.17) is 10.8 Å². The molecule has 0 spiro atoms. The number of H-pyrrole nitrogens is 1. The third-order valence-electron chi connectivity index (χ3n) is 2.65. The summed E-state index contributed by atoms with van der Waals surface area (Å²) in [6, 6.07) is 0. The molecule has 4 N–H and O–H groups in total. The first kappa shape index (κ1) is 9.70. The maximum atomic E-state index is 11.5. The molecular weight excluding hydrogens is 198 g/mol. The highest BCUT2D eigenvalue weighted by Gasteiger charge is 2.27. The van der Waals surface area contributed by atoms with Crippen molar-refractivity contribution in [2.75, 3.05) is 5.73 Å². The highest BCUT2D eigenvalue weighted by Crippen LogP contribution is 2.21. The lowest BCUT2D eigenvalue weighted by Crippen LogP contribution is -2.29. The fraction of sp³-hybridized carbons (Fsp3) is 0.444. The Morgan fingerprint density at radius 1 is 1.60 bits per heavy atom. The molecule has 6 nitrogen and oxygen atoms in total. The molecule has 0 radical (unpaired) electrons. The number of hydrogen-bond acceptors (Lipinski definition) is 4. The average Bonchev–Trinajstić information content (AvgIpc) is 2.16. The van der Waals surface area contributed by atoms with E-state index in [1.165, 1.54) is 0 Å². The van der Waals surface area contributed by atoms with Gasteiger partial charge in [0.1, 0.15) is 0 Å². The van der Waals surface area contributed by atoms with E-state index in [-0.39, 0.29) is 17.9 Å². The number of nitrogen functional groups attached to an aromatic ring is 1. The number of fused-ring (bicyclic) bond motifs is 1. The molecule has 0 saturated carbocycles. The standard InChI is InChI=1S/C9H11N3O3/c10-9-11-6-2-1-4(8(14)15)3-5(6)7(13)12-9/h4H,1-3H2,(H,14,15)(H3,10,11,12,13). The van der Waals surface area contributed by atoms with Gasteiger partial charge in [0, 0.05) is 5.56 Å². The number of anilines is 1. The predicted molar refractivity (Wildman–Crippen MR) is 52.4 cm³/mol. The quantitative estimate of drug-likeness (QED) is 0.580. The largest absolute Gasteiger partial charge is 0.481 e. The molecule has 1 aromatic rings. The second-order valence-electron chi connectivity index (χ2n) is 3.65. The van der Waals surface area contributed by atoms with E-state index in [2.05, 4.69) is 9.97 Å². The van der Waals surface area contributed by atoms with Crippen LogP contribution in [0.25, 0.3) is 0 Å². The molecule has 1 aromatic heterocycles. The molecule has 0 bridgehead atoms. The molecule has 6 heteroatoms. The number of carbonyl (C=O) groups is 1. The normalized spacial score (nSPS) is 19.6. The van der Waals surface area contributed by atoms with Crippen LogP contribution in [0.2, 0.25) is 0 Å². The zero-order chi connectivity index (χ0) is 11.0. The minimum Gasteiger partial charge on any atom is -0.481 e. The Morgan fingerprint density at radius 3 is 3.00 bits per heavy atom. The highest BCUT2D eigenvalue weighted by molar-refractivity contribution is 5.70. The molecule has 1 atom stereocenters. The van der Waals surface area contributed by atoms with Crippen molar-refractivity contribution < 1.29 is 9.90 Å². The summed E-state index contributed by atoms with van der Waals surface area (Å²) >= 11 is 0. The topological polar surface area (TPSA) is 109 Å². The molecular formula is C9H11N3O3. The van der Waals surface area contributed by atoms with Gasteiger partial charge in [-0.15, -0.1) is 0 Å². The Morgan fingerprint density at radius 2 is 2.33 bits per heavy atom. The molecule has 1 aliphatic rings. The summed E-state index contributed by atoms with van der Waals surface area (Å²) in [7, 11) is 0. The first-order valence-electron chi connectivity index (χ1n) is 4.68. The lowest BCUT2D eigenvalue weighted by atomic mass is 9.87. The van der Waals surface area contributed by atoms with Crippen molar-refractivity contribution in [3.8, 4) is 0 Å². The van der Waals surface area contributed by atoms with Gasteiger partial charge in [-0.1, -0.05) is 0 Å². The van der Waals surface area contributed by atoms with Crippen LogP contribution in [0.3, 0.4) is 0 Å². The average molecular weight is 209 g/mol. The fourth-order valence-electron chi connectivity index (χ4n) is 1.85. The van der Waals surface area contributed by atoms with Gasteiger partial charge >= 0.3 is 5.97 Å². The van der Waals surface area contributed by atoms with Gasteiger partial charge in [0.15, 0.2) is 0 Å². The summed E-state index contributed by atoms with van der Waals surface area (Å²) in [5.41, 5.74) is 6.17. The van der Waals surface area contributed by atoms with Crippen LogP contribution in [0.15, 0.2) is 4.79 Å². The molecule has 0 amide bonds. The van der Waals surface area contributed by atoms with Gasteiger partial charge in [0.25, 0.3) is 5.56 Å². The highest BCUT2D eigenvalue weighted by atomic mass is 16.4. The van der Waals surface area contributed by atoms with Crippen LogP contribution in [-0.2, 0) is 17.6 Å². The van der Waals surface area contributed by atoms with E-state index >= 15 is 0 Å². The SMILES string of the molecule is Nc1nc2c(c(=O)[nH]1)CC(C(=O)O)CC2. The molecule has 0 fully saturated rings. The summed E-state index contributed by atoms with van der Waals surface area (Å²) in [6.07, 6.45) is 1.26. The molecule has 80 valence electrons. The Bertz CT molecular complexity index is 466.